The van der Waals surface area contributed by atoms with E-state index in [9.17, 15) is 29.8 Å². The summed E-state index contributed by atoms with van der Waals surface area (Å²) in [6.45, 7) is 0.664. The van der Waals surface area contributed by atoms with Crippen molar-refractivity contribution < 1.29 is 43.1 Å². The van der Waals surface area contributed by atoms with E-state index in [1.807, 2.05) is 12.1 Å². The highest BCUT2D eigenvalue weighted by Crippen LogP contribution is 2.41. The fourth-order valence-electron chi connectivity index (χ4n) is 6.09. The summed E-state index contributed by atoms with van der Waals surface area (Å²) in [4.78, 5) is 47.9. The molecule has 1 aliphatic rings. The van der Waals surface area contributed by atoms with Gasteiger partial charge in [-0.3, -0.25) is 29.8 Å². The molecule has 6 aromatic rings. The van der Waals surface area contributed by atoms with Crippen molar-refractivity contribution >= 4 is 34.5 Å². The number of benzene rings is 6. The normalized spacial score (nSPS) is 13.1. The van der Waals surface area contributed by atoms with Gasteiger partial charge in [-0.2, -0.15) is 0 Å². The first-order valence-corrected chi connectivity index (χ1v) is 17.3. The average molecular weight is 773 g/mol. The van der Waals surface area contributed by atoms with Gasteiger partial charge in [0, 0.05) is 45.5 Å². The lowest BCUT2D eigenvalue weighted by atomic mass is 9.97. The first kappa shape index (κ1) is 37.4. The van der Waals surface area contributed by atoms with Crippen molar-refractivity contribution in [2.75, 3.05) is 20.3 Å². The summed E-state index contributed by atoms with van der Waals surface area (Å²) in [7, 11) is 1.57. The molecule has 1 fully saturated rings. The van der Waals surface area contributed by atoms with E-state index in [-0.39, 0.29) is 33.4 Å². The molecule has 0 spiro atoms. The number of carbonyl (C=O) groups is 2. The van der Waals surface area contributed by atoms with Gasteiger partial charge in [-0.05, 0) is 121 Å². The van der Waals surface area contributed by atoms with E-state index >= 15 is 0 Å². The molecule has 0 aromatic heterocycles. The Balaban J connectivity index is 1.04. The summed E-state index contributed by atoms with van der Waals surface area (Å²) in [5, 5.41) is 23.2. The summed E-state index contributed by atoms with van der Waals surface area (Å²) in [6.07, 6.45) is 0. The van der Waals surface area contributed by atoms with Crippen LogP contribution in [0.2, 0.25) is 5.02 Å². The lowest BCUT2D eigenvalue weighted by molar-refractivity contribution is -0.385. The predicted octanol–water partition coefficient (Wildman–Crippen LogP) is 9.46. The topological polar surface area (TPSA) is 167 Å². The van der Waals surface area contributed by atoms with E-state index in [0.29, 0.717) is 52.7 Å². The van der Waals surface area contributed by atoms with Crippen LogP contribution in [-0.2, 0) is 15.3 Å². The zero-order valence-electron chi connectivity index (χ0n) is 29.4. The van der Waals surface area contributed by atoms with E-state index in [0.717, 1.165) is 12.1 Å². The van der Waals surface area contributed by atoms with Crippen molar-refractivity contribution in [2.24, 2.45) is 0 Å². The van der Waals surface area contributed by atoms with Gasteiger partial charge in [-0.25, -0.2) is 0 Å². The Morgan fingerprint density at radius 1 is 0.571 bits per heavy atom. The molecule has 14 heteroatoms. The van der Waals surface area contributed by atoms with Crippen LogP contribution in [0.3, 0.4) is 0 Å². The zero-order chi connectivity index (χ0) is 39.4. The van der Waals surface area contributed by atoms with Gasteiger partial charge in [0.25, 0.3) is 5.69 Å². The molecule has 0 radical (unpaired) electrons. The number of hydrogen-bond acceptors (Lipinski definition) is 11. The Labute approximate surface area is 323 Å². The highest BCUT2D eigenvalue weighted by atomic mass is 35.5. The lowest BCUT2D eigenvalue weighted by Gasteiger charge is -2.28. The number of ketones is 2. The molecule has 0 N–H and O–H groups in total. The second kappa shape index (κ2) is 15.8. The Morgan fingerprint density at radius 2 is 0.982 bits per heavy atom. The number of carbonyl (C=O) groups excluding carboxylic acids is 2. The lowest BCUT2D eigenvalue weighted by Crippen LogP contribution is -2.28. The first-order valence-electron chi connectivity index (χ1n) is 17.0. The molecular formula is C42H29ClN2O11. The minimum absolute atomic E-state index is 0.0577. The highest BCUT2D eigenvalue weighted by Gasteiger charge is 2.40. The van der Waals surface area contributed by atoms with E-state index in [1.165, 1.54) is 24.3 Å². The van der Waals surface area contributed by atoms with E-state index in [1.54, 1.807) is 92.0 Å². The SMILES string of the molecule is COc1ccc(C(=O)c2ccc(Oc3ccc(C4(c5ccc(Oc6ccc(C(=O)c7ccc(Cl)c([N+](=O)[O-])c7)cc6[N+](=O)[O-])cc5)OCCO4)cc3)cc2)cc1. The van der Waals surface area contributed by atoms with E-state index < -0.39 is 32.8 Å². The standard InChI is InChI=1S/C42H29ClN2O11/c1-52-32-12-2-26(3-13-32)40(46)27-4-14-33(15-5-27)55-34-16-8-30(9-17-34)42(53-22-23-54-42)31-10-18-35(19-11-31)56-39-21-7-29(25-38(39)45(50)51)41(47)28-6-20-36(43)37(24-28)44(48)49/h2-21,24-25H,22-23H2,1H3. The molecule has 1 aliphatic heterocycles. The van der Waals surface area contributed by atoms with Crippen LogP contribution in [0.1, 0.15) is 43.0 Å². The van der Waals surface area contributed by atoms with Crippen molar-refractivity contribution in [1.82, 2.24) is 0 Å². The molecule has 56 heavy (non-hydrogen) atoms. The first-order chi connectivity index (χ1) is 27.0. The van der Waals surface area contributed by atoms with Gasteiger partial charge in [0.15, 0.2) is 11.6 Å². The van der Waals surface area contributed by atoms with Crippen LogP contribution >= 0.6 is 11.6 Å². The fourth-order valence-corrected chi connectivity index (χ4v) is 6.28. The molecule has 7 rings (SSSR count). The molecule has 13 nitrogen and oxygen atoms in total. The molecule has 6 aromatic carbocycles. The number of rotatable bonds is 13. The maximum absolute atomic E-state index is 13.1. The average Bonchev–Trinajstić information content (AvgIpc) is 3.73. The molecule has 280 valence electrons. The van der Waals surface area contributed by atoms with Gasteiger partial charge in [0.1, 0.15) is 28.0 Å². The molecule has 0 aliphatic carbocycles. The largest absolute Gasteiger partial charge is 0.497 e. The third-order valence-corrected chi connectivity index (χ3v) is 9.24. The van der Waals surface area contributed by atoms with E-state index in [2.05, 4.69) is 0 Å². The Hall–Kier alpha value is -6.93. The quantitative estimate of drug-likeness (QED) is 0.0623. The van der Waals surface area contributed by atoms with E-state index in [4.69, 9.17) is 35.3 Å². The van der Waals surface area contributed by atoms with Gasteiger partial charge < -0.3 is 23.7 Å². The number of halogens is 1. The second-order valence-corrected chi connectivity index (χ2v) is 12.7. The number of nitro groups is 2. The van der Waals surface area contributed by atoms with Crippen molar-refractivity contribution in [3.63, 3.8) is 0 Å². The Morgan fingerprint density at radius 3 is 1.48 bits per heavy atom. The summed E-state index contributed by atoms with van der Waals surface area (Å²) < 4.78 is 29.4. The summed E-state index contributed by atoms with van der Waals surface area (Å²) >= 11 is 5.86. The minimum atomic E-state index is -1.24. The number of nitrogens with zero attached hydrogens (tertiary/aromatic N) is 2. The monoisotopic (exact) mass is 772 g/mol. The van der Waals surface area contributed by atoms with Crippen LogP contribution in [0, 0.1) is 20.2 Å². The molecule has 0 atom stereocenters. The van der Waals surface area contributed by atoms with Gasteiger partial charge in [-0.1, -0.05) is 11.6 Å². The molecule has 0 amide bonds. The zero-order valence-corrected chi connectivity index (χ0v) is 30.1. The number of nitro benzene ring substituents is 2. The van der Waals surface area contributed by atoms with Gasteiger partial charge in [-0.15, -0.1) is 0 Å². The molecule has 0 saturated carbocycles. The Kier molecular flexibility index (Phi) is 10.6. The number of methoxy groups -OCH3 is 1. The minimum Gasteiger partial charge on any atom is -0.497 e. The smallest absolute Gasteiger partial charge is 0.312 e. The van der Waals surface area contributed by atoms with Gasteiger partial charge in [0.05, 0.1) is 30.2 Å². The summed E-state index contributed by atoms with van der Waals surface area (Å²) in [5.74, 6) is -0.151. The van der Waals surface area contributed by atoms with Crippen molar-refractivity contribution in [3.05, 3.63) is 192 Å². The van der Waals surface area contributed by atoms with Crippen LogP contribution in [0.15, 0.2) is 133 Å². The molecule has 1 heterocycles. The fraction of sp³-hybridized carbons (Fsp3) is 0.0952. The third-order valence-electron chi connectivity index (χ3n) is 8.92. The van der Waals surface area contributed by atoms with Crippen LogP contribution in [0.5, 0.6) is 28.7 Å². The van der Waals surface area contributed by atoms with Crippen LogP contribution in [0.25, 0.3) is 0 Å². The molecule has 1 saturated heterocycles. The Bertz CT molecular complexity index is 2450. The molecule has 0 unspecified atom stereocenters. The van der Waals surface area contributed by atoms with Crippen molar-refractivity contribution in [1.29, 1.82) is 0 Å². The van der Waals surface area contributed by atoms with Crippen molar-refractivity contribution in [3.8, 4) is 28.7 Å². The third kappa shape index (κ3) is 7.68. The van der Waals surface area contributed by atoms with Crippen LogP contribution in [-0.4, -0.2) is 41.7 Å². The maximum Gasteiger partial charge on any atom is 0.312 e. The van der Waals surface area contributed by atoms with Crippen LogP contribution < -0.4 is 14.2 Å². The number of hydrogen-bond donors (Lipinski definition) is 0. The predicted molar refractivity (Wildman–Crippen MR) is 203 cm³/mol. The van der Waals surface area contributed by atoms with Gasteiger partial charge >= 0.3 is 5.69 Å². The second-order valence-electron chi connectivity index (χ2n) is 12.3. The molecule has 0 bridgehead atoms. The highest BCUT2D eigenvalue weighted by molar-refractivity contribution is 6.32. The van der Waals surface area contributed by atoms with Gasteiger partial charge in [0.2, 0.25) is 11.5 Å². The molecular weight excluding hydrogens is 744 g/mol. The summed E-state index contributed by atoms with van der Waals surface area (Å²) in [6, 6.07) is 34.8. The van der Waals surface area contributed by atoms with Crippen LogP contribution in [0.4, 0.5) is 11.4 Å². The maximum atomic E-state index is 13.1. The number of ether oxygens (including phenoxy) is 5. The summed E-state index contributed by atoms with van der Waals surface area (Å²) in [5.41, 5.74) is 1.32. The van der Waals surface area contributed by atoms with Crippen molar-refractivity contribution in [2.45, 2.75) is 5.79 Å².